The highest BCUT2D eigenvalue weighted by atomic mass is 16.6. The van der Waals surface area contributed by atoms with E-state index >= 15 is 0 Å². The van der Waals surface area contributed by atoms with Gasteiger partial charge in [0, 0.05) is 6.61 Å². The van der Waals surface area contributed by atoms with Crippen molar-refractivity contribution in [3.05, 3.63) is 35.9 Å². The smallest absolute Gasteiger partial charge is 0.339 e. The lowest BCUT2D eigenvalue weighted by Gasteiger charge is -2.14. The molecule has 0 heterocycles. The highest BCUT2D eigenvalue weighted by Crippen LogP contribution is 2.18. The molecule has 0 aliphatic rings. The van der Waals surface area contributed by atoms with Crippen molar-refractivity contribution in [2.75, 3.05) is 13.7 Å². The number of ether oxygens (including phenoxy) is 2. The standard InChI is InChI=1S/C11H14O3/c1-3-14-10(11(12)13-2)9-7-5-4-6-8-9/h4-8,10H,3H2,1-2H3. The molecule has 0 amide bonds. The van der Waals surface area contributed by atoms with Crippen LogP contribution in [0, 0.1) is 0 Å². The van der Waals surface area contributed by atoms with Crippen LogP contribution in [0.5, 0.6) is 0 Å². The van der Waals surface area contributed by atoms with Crippen molar-refractivity contribution in [3.8, 4) is 0 Å². The minimum atomic E-state index is -0.605. The highest BCUT2D eigenvalue weighted by Gasteiger charge is 2.20. The minimum Gasteiger partial charge on any atom is -0.467 e. The average molecular weight is 194 g/mol. The molecule has 0 aliphatic heterocycles. The van der Waals surface area contributed by atoms with Crippen molar-refractivity contribution in [1.82, 2.24) is 0 Å². The zero-order valence-corrected chi connectivity index (χ0v) is 8.40. The highest BCUT2D eigenvalue weighted by molar-refractivity contribution is 5.76. The largest absolute Gasteiger partial charge is 0.467 e. The molecule has 0 bridgehead atoms. The molecule has 0 N–H and O–H groups in total. The molecule has 0 aromatic heterocycles. The van der Waals surface area contributed by atoms with Crippen molar-refractivity contribution in [1.29, 1.82) is 0 Å². The van der Waals surface area contributed by atoms with Gasteiger partial charge in [0.2, 0.25) is 0 Å². The molecule has 0 saturated carbocycles. The Labute approximate surface area is 83.6 Å². The van der Waals surface area contributed by atoms with E-state index < -0.39 is 6.10 Å². The average Bonchev–Trinajstić information content (AvgIpc) is 2.26. The first kappa shape index (κ1) is 10.7. The van der Waals surface area contributed by atoms with Gasteiger partial charge in [0.05, 0.1) is 7.11 Å². The molecule has 14 heavy (non-hydrogen) atoms. The summed E-state index contributed by atoms with van der Waals surface area (Å²) in [6.07, 6.45) is -0.605. The third-order valence-electron chi connectivity index (χ3n) is 1.85. The van der Waals surface area contributed by atoms with E-state index in [1.54, 1.807) is 0 Å². The molecule has 0 saturated heterocycles. The summed E-state index contributed by atoms with van der Waals surface area (Å²) in [7, 11) is 1.36. The summed E-state index contributed by atoms with van der Waals surface area (Å²) in [6.45, 7) is 2.33. The Kier molecular flexibility index (Phi) is 4.13. The molecule has 1 rings (SSSR count). The lowest BCUT2D eigenvalue weighted by atomic mass is 10.1. The van der Waals surface area contributed by atoms with Gasteiger partial charge in [-0.1, -0.05) is 30.3 Å². The summed E-state index contributed by atoms with van der Waals surface area (Å²) < 4.78 is 9.96. The number of rotatable bonds is 4. The van der Waals surface area contributed by atoms with Crippen LogP contribution in [0.4, 0.5) is 0 Å². The molecule has 0 spiro atoms. The zero-order valence-electron chi connectivity index (χ0n) is 8.40. The van der Waals surface area contributed by atoms with E-state index in [9.17, 15) is 4.79 Å². The Balaban J connectivity index is 2.83. The molecule has 1 aromatic carbocycles. The van der Waals surface area contributed by atoms with Gasteiger partial charge < -0.3 is 9.47 Å². The molecule has 0 fully saturated rings. The Hall–Kier alpha value is -1.35. The lowest BCUT2D eigenvalue weighted by Crippen LogP contribution is -2.17. The summed E-state index contributed by atoms with van der Waals surface area (Å²) in [5, 5.41) is 0. The molecular weight excluding hydrogens is 180 g/mol. The lowest BCUT2D eigenvalue weighted by molar-refractivity contribution is -0.154. The van der Waals surface area contributed by atoms with Crippen molar-refractivity contribution < 1.29 is 14.3 Å². The molecule has 76 valence electrons. The van der Waals surface area contributed by atoms with Gasteiger partial charge in [-0.15, -0.1) is 0 Å². The van der Waals surface area contributed by atoms with E-state index in [4.69, 9.17) is 4.74 Å². The van der Waals surface area contributed by atoms with E-state index in [1.165, 1.54) is 7.11 Å². The fourth-order valence-electron chi connectivity index (χ4n) is 1.20. The van der Waals surface area contributed by atoms with Crippen LogP contribution in [0.15, 0.2) is 30.3 Å². The van der Waals surface area contributed by atoms with E-state index in [0.29, 0.717) is 6.61 Å². The van der Waals surface area contributed by atoms with Crippen molar-refractivity contribution in [3.63, 3.8) is 0 Å². The van der Waals surface area contributed by atoms with Crippen molar-refractivity contribution in [2.45, 2.75) is 13.0 Å². The van der Waals surface area contributed by atoms with Crippen molar-refractivity contribution in [2.24, 2.45) is 0 Å². The molecule has 3 nitrogen and oxygen atoms in total. The van der Waals surface area contributed by atoms with E-state index in [0.717, 1.165) is 5.56 Å². The maximum absolute atomic E-state index is 11.4. The summed E-state index contributed by atoms with van der Waals surface area (Å²) in [5.41, 5.74) is 0.821. The summed E-state index contributed by atoms with van der Waals surface area (Å²) in [6, 6.07) is 9.31. The molecule has 1 unspecified atom stereocenters. The minimum absolute atomic E-state index is 0.363. The fraction of sp³-hybridized carbons (Fsp3) is 0.364. The summed E-state index contributed by atoms with van der Waals surface area (Å²) >= 11 is 0. The zero-order chi connectivity index (χ0) is 10.4. The van der Waals surface area contributed by atoms with Gasteiger partial charge in [0.25, 0.3) is 0 Å². The molecule has 1 atom stereocenters. The van der Waals surface area contributed by atoms with Gasteiger partial charge in [0.1, 0.15) is 0 Å². The number of methoxy groups -OCH3 is 1. The SMILES string of the molecule is CCOC(C(=O)OC)c1ccccc1. The normalized spacial score (nSPS) is 12.1. The Morgan fingerprint density at radius 3 is 2.50 bits per heavy atom. The molecule has 3 heteroatoms. The number of esters is 1. The first-order chi connectivity index (χ1) is 6.79. The topological polar surface area (TPSA) is 35.5 Å². The van der Waals surface area contributed by atoms with Crippen LogP contribution < -0.4 is 0 Å². The van der Waals surface area contributed by atoms with Crippen LogP contribution in [-0.4, -0.2) is 19.7 Å². The van der Waals surface area contributed by atoms with Crippen LogP contribution in [0.3, 0.4) is 0 Å². The number of hydrogen-bond donors (Lipinski definition) is 0. The van der Waals surface area contributed by atoms with Crippen LogP contribution in [0.25, 0.3) is 0 Å². The third-order valence-corrected chi connectivity index (χ3v) is 1.85. The van der Waals surface area contributed by atoms with Gasteiger partial charge in [0.15, 0.2) is 6.10 Å². The van der Waals surface area contributed by atoms with Gasteiger partial charge in [-0.25, -0.2) is 4.79 Å². The molecule has 0 radical (unpaired) electrons. The second-order valence-electron chi connectivity index (χ2n) is 2.77. The number of benzene rings is 1. The first-order valence-corrected chi connectivity index (χ1v) is 4.54. The number of hydrogen-bond acceptors (Lipinski definition) is 3. The monoisotopic (exact) mass is 194 g/mol. The van der Waals surface area contributed by atoms with Crippen LogP contribution in [0.2, 0.25) is 0 Å². The number of carbonyl (C=O) groups is 1. The molecular formula is C11H14O3. The number of carbonyl (C=O) groups excluding carboxylic acids is 1. The molecule has 0 aliphatic carbocycles. The predicted octanol–water partition coefficient (Wildman–Crippen LogP) is 1.94. The van der Waals surface area contributed by atoms with Gasteiger partial charge >= 0.3 is 5.97 Å². The van der Waals surface area contributed by atoms with Crippen LogP contribution in [0.1, 0.15) is 18.6 Å². The van der Waals surface area contributed by atoms with Gasteiger partial charge in [-0.2, -0.15) is 0 Å². The van der Waals surface area contributed by atoms with Gasteiger partial charge in [-0.05, 0) is 12.5 Å². The molecule has 1 aromatic rings. The second-order valence-corrected chi connectivity index (χ2v) is 2.77. The summed E-state index contributed by atoms with van der Waals surface area (Å²) in [5.74, 6) is -0.363. The second kappa shape index (κ2) is 5.40. The fourth-order valence-corrected chi connectivity index (χ4v) is 1.20. The maximum atomic E-state index is 11.4. The maximum Gasteiger partial charge on any atom is 0.339 e. The Morgan fingerprint density at radius 1 is 1.36 bits per heavy atom. The quantitative estimate of drug-likeness (QED) is 0.687. The first-order valence-electron chi connectivity index (χ1n) is 4.54. The predicted molar refractivity (Wildman–Crippen MR) is 52.8 cm³/mol. The Morgan fingerprint density at radius 2 is 2.00 bits per heavy atom. The van der Waals surface area contributed by atoms with Crippen molar-refractivity contribution >= 4 is 5.97 Å². The van der Waals surface area contributed by atoms with E-state index in [1.807, 2.05) is 37.3 Å². The van der Waals surface area contributed by atoms with Gasteiger partial charge in [-0.3, -0.25) is 0 Å². The Bertz CT molecular complexity index is 282. The van der Waals surface area contributed by atoms with E-state index in [2.05, 4.69) is 4.74 Å². The summed E-state index contributed by atoms with van der Waals surface area (Å²) in [4.78, 5) is 11.4. The van der Waals surface area contributed by atoms with Crippen LogP contribution >= 0.6 is 0 Å². The third kappa shape index (κ3) is 2.57. The van der Waals surface area contributed by atoms with Crippen LogP contribution in [-0.2, 0) is 14.3 Å². The van der Waals surface area contributed by atoms with E-state index in [-0.39, 0.29) is 5.97 Å².